The lowest BCUT2D eigenvalue weighted by atomic mass is 9.96. The molecule has 0 saturated carbocycles. The van der Waals surface area contributed by atoms with Gasteiger partial charge in [0.2, 0.25) is 0 Å². The normalized spacial score (nSPS) is 20.1. The molecule has 3 aromatic rings. The molecule has 0 amide bonds. The second-order valence-electron chi connectivity index (χ2n) is 7.41. The predicted molar refractivity (Wildman–Crippen MR) is 118 cm³/mol. The fraction of sp³-hybridized carbons (Fsp3) is 0.476. The molecule has 0 bridgehead atoms. The van der Waals surface area contributed by atoms with Gasteiger partial charge in [-0.15, -0.1) is 11.8 Å². The number of H-pyrrole nitrogens is 1. The maximum atomic E-state index is 5.45. The zero-order valence-electron chi connectivity index (χ0n) is 16.3. The fourth-order valence-corrected chi connectivity index (χ4v) is 6.30. The van der Waals surface area contributed by atoms with E-state index in [4.69, 9.17) is 14.7 Å². The van der Waals surface area contributed by atoms with Crippen LogP contribution in [0.1, 0.15) is 29.3 Å². The Morgan fingerprint density at radius 2 is 2.14 bits per heavy atom. The van der Waals surface area contributed by atoms with Crippen molar-refractivity contribution in [2.75, 3.05) is 38.6 Å². The van der Waals surface area contributed by atoms with Crippen LogP contribution in [0, 0.1) is 0 Å². The van der Waals surface area contributed by atoms with Crippen LogP contribution in [-0.4, -0.2) is 63.4 Å². The first-order chi connectivity index (χ1) is 14.4. The van der Waals surface area contributed by atoms with Crippen LogP contribution in [0.4, 0.5) is 0 Å². The molecule has 29 heavy (non-hydrogen) atoms. The van der Waals surface area contributed by atoms with Crippen molar-refractivity contribution in [3.63, 3.8) is 0 Å². The molecule has 1 N–H and O–H groups in total. The Hall–Kier alpha value is -1.61. The van der Waals surface area contributed by atoms with E-state index in [0.29, 0.717) is 5.25 Å². The van der Waals surface area contributed by atoms with Crippen LogP contribution in [0.5, 0.6) is 0 Å². The van der Waals surface area contributed by atoms with Gasteiger partial charge < -0.3 is 9.72 Å². The number of hydrogen-bond acceptors (Lipinski definition) is 7. The molecule has 1 atom stereocenters. The van der Waals surface area contributed by atoms with Crippen molar-refractivity contribution in [3.8, 4) is 0 Å². The number of nitrogens with one attached hydrogen (secondary N) is 1. The Balaban J connectivity index is 1.28. The first-order valence-electron chi connectivity index (χ1n) is 10.2. The van der Waals surface area contributed by atoms with Crippen LogP contribution in [-0.2, 0) is 11.2 Å². The quantitative estimate of drug-likeness (QED) is 0.598. The van der Waals surface area contributed by atoms with E-state index in [1.165, 1.54) is 22.6 Å². The van der Waals surface area contributed by atoms with Gasteiger partial charge in [-0.2, -0.15) is 0 Å². The summed E-state index contributed by atoms with van der Waals surface area (Å²) in [6.07, 6.45) is 9.08. The highest BCUT2D eigenvalue weighted by atomic mass is 32.2. The number of hydrogen-bond donors (Lipinski definition) is 1. The third kappa shape index (κ3) is 4.45. The van der Waals surface area contributed by atoms with E-state index in [1.54, 1.807) is 18.0 Å². The highest BCUT2D eigenvalue weighted by Gasteiger charge is 2.26. The maximum absolute atomic E-state index is 5.45. The summed E-state index contributed by atoms with van der Waals surface area (Å²) in [5.74, 6) is 1.12. The number of rotatable bonds is 6. The number of fused-ring (bicyclic) bond motifs is 2. The van der Waals surface area contributed by atoms with Gasteiger partial charge in [0, 0.05) is 42.7 Å². The molecule has 1 aliphatic heterocycles. The summed E-state index contributed by atoms with van der Waals surface area (Å²) >= 11 is 3.78. The van der Waals surface area contributed by atoms with Crippen molar-refractivity contribution in [2.45, 2.75) is 34.6 Å². The van der Waals surface area contributed by atoms with Gasteiger partial charge in [0.05, 0.1) is 41.4 Å². The topological polar surface area (TPSA) is 66.9 Å². The van der Waals surface area contributed by atoms with Crippen LogP contribution in [0.25, 0.3) is 11.0 Å². The largest absolute Gasteiger partial charge is 0.379 e. The minimum atomic E-state index is 0.354. The molecule has 2 aliphatic rings. The minimum Gasteiger partial charge on any atom is -0.379 e. The van der Waals surface area contributed by atoms with Gasteiger partial charge >= 0.3 is 0 Å². The van der Waals surface area contributed by atoms with Crippen molar-refractivity contribution < 1.29 is 4.74 Å². The molecular formula is C21H25N5OS2. The van der Waals surface area contributed by atoms with E-state index in [9.17, 15) is 0 Å². The second-order valence-corrected chi connectivity index (χ2v) is 9.74. The lowest BCUT2D eigenvalue weighted by Crippen LogP contribution is -2.37. The zero-order chi connectivity index (χ0) is 19.5. The molecule has 0 spiro atoms. The van der Waals surface area contributed by atoms with Crippen molar-refractivity contribution in [2.24, 2.45) is 0 Å². The van der Waals surface area contributed by atoms with Gasteiger partial charge in [-0.25, -0.2) is 4.98 Å². The van der Waals surface area contributed by atoms with Crippen LogP contribution in [0.3, 0.4) is 0 Å². The molecule has 6 nitrogen and oxygen atoms in total. The molecular weight excluding hydrogens is 402 g/mol. The number of imidazole rings is 1. The smallest absolute Gasteiger partial charge is 0.167 e. The number of pyridine rings is 2. The van der Waals surface area contributed by atoms with E-state index < -0.39 is 0 Å². The highest BCUT2D eigenvalue weighted by molar-refractivity contribution is 7.99. The van der Waals surface area contributed by atoms with E-state index in [1.807, 2.05) is 30.2 Å². The Kier molecular flexibility index (Phi) is 6.03. The van der Waals surface area contributed by atoms with Crippen molar-refractivity contribution in [1.82, 2.24) is 24.8 Å². The molecule has 5 rings (SSSR count). The van der Waals surface area contributed by atoms with Crippen LogP contribution < -0.4 is 0 Å². The molecule has 1 saturated heterocycles. The second kappa shape index (κ2) is 9.04. The lowest BCUT2D eigenvalue weighted by Gasteiger charge is -2.27. The average Bonchev–Trinajstić information content (AvgIpc) is 3.17. The first kappa shape index (κ1) is 19.4. The molecule has 8 heteroatoms. The van der Waals surface area contributed by atoms with Crippen LogP contribution in [0.15, 0.2) is 40.8 Å². The highest BCUT2D eigenvalue weighted by Crippen LogP contribution is 2.44. The zero-order valence-corrected chi connectivity index (χ0v) is 18.0. The lowest BCUT2D eigenvalue weighted by molar-refractivity contribution is 0.0410. The summed E-state index contributed by atoms with van der Waals surface area (Å²) in [4.78, 5) is 21.0. The van der Waals surface area contributed by atoms with E-state index in [-0.39, 0.29) is 0 Å². The summed E-state index contributed by atoms with van der Waals surface area (Å²) in [7, 11) is 0. The van der Waals surface area contributed by atoms with E-state index >= 15 is 0 Å². The Bertz CT molecular complexity index is 940. The molecule has 3 aromatic heterocycles. The van der Waals surface area contributed by atoms with Crippen LogP contribution in [0.2, 0.25) is 0 Å². The fourth-order valence-electron chi connectivity index (χ4n) is 4.00. The van der Waals surface area contributed by atoms with Crippen molar-refractivity contribution >= 4 is 34.6 Å². The summed E-state index contributed by atoms with van der Waals surface area (Å²) < 4.78 is 5.45. The maximum Gasteiger partial charge on any atom is 0.167 e. The molecule has 1 aliphatic carbocycles. The van der Waals surface area contributed by atoms with Crippen molar-refractivity contribution in [3.05, 3.63) is 42.0 Å². The molecule has 1 unspecified atom stereocenters. The SMILES string of the molecule is c1cc2nc(SC3CCCc4c(SCCN5CCOCC5)ccnc43)[nH]c2cn1. The summed E-state index contributed by atoms with van der Waals surface area (Å²) in [6.45, 7) is 4.97. The number of ether oxygens (including phenoxy) is 1. The number of aromatic amines is 1. The van der Waals surface area contributed by atoms with E-state index in [2.05, 4.69) is 20.9 Å². The van der Waals surface area contributed by atoms with Gasteiger partial charge in [-0.1, -0.05) is 11.8 Å². The van der Waals surface area contributed by atoms with Gasteiger partial charge in [-0.3, -0.25) is 14.9 Å². The number of thioether (sulfide) groups is 2. The van der Waals surface area contributed by atoms with Gasteiger partial charge in [0.15, 0.2) is 5.16 Å². The molecule has 0 radical (unpaired) electrons. The average molecular weight is 428 g/mol. The number of aromatic nitrogens is 4. The van der Waals surface area contributed by atoms with Crippen molar-refractivity contribution in [1.29, 1.82) is 0 Å². The van der Waals surface area contributed by atoms with Gasteiger partial charge in [-0.05, 0) is 37.0 Å². The van der Waals surface area contributed by atoms with Gasteiger partial charge in [0.1, 0.15) is 0 Å². The van der Waals surface area contributed by atoms with Gasteiger partial charge in [0.25, 0.3) is 0 Å². The Morgan fingerprint density at radius 1 is 1.21 bits per heavy atom. The first-order valence-corrected chi connectivity index (χ1v) is 12.1. The standard InChI is InChI=1S/C21H25N5OS2/c1-2-15-18(28-13-10-26-8-11-27-12-9-26)5-7-23-20(15)19(3-1)29-21-24-16-4-6-22-14-17(16)25-21/h4-7,14,19H,1-3,8-13H2,(H,24,25). The summed E-state index contributed by atoms with van der Waals surface area (Å²) in [5.41, 5.74) is 4.66. The van der Waals surface area contributed by atoms with Crippen LogP contribution >= 0.6 is 23.5 Å². The Labute approximate surface area is 179 Å². The molecule has 4 heterocycles. The number of nitrogens with zero attached hydrogens (tertiary/aromatic N) is 4. The minimum absolute atomic E-state index is 0.354. The molecule has 1 fully saturated rings. The summed E-state index contributed by atoms with van der Waals surface area (Å²) in [5, 5.41) is 1.31. The Morgan fingerprint density at radius 3 is 3.03 bits per heavy atom. The number of morpholine rings is 1. The third-order valence-corrected chi connectivity index (χ3v) is 7.77. The monoisotopic (exact) mass is 427 g/mol. The molecule has 0 aromatic carbocycles. The van der Waals surface area contributed by atoms with E-state index in [0.717, 1.165) is 67.6 Å². The summed E-state index contributed by atoms with van der Waals surface area (Å²) in [6, 6.07) is 4.15. The predicted octanol–water partition coefficient (Wildman–Crippen LogP) is 3.95. The molecule has 152 valence electrons. The third-order valence-electron chi connectivity index (χ3n) is 5.53.